The molecule has 8 aromatic carbocycles. The van der Waals surface area contributed by atoms with E-state index in [2.05, 4.69) is 97.1 Å². The van der Waals surface area contributed by atoms with Gasteiger partial charge in [-0.2, -0.15) is 0 Å². The fraction of sp³-hybridized carbons (Fsp3) is 0.0204. The van der Waals surface area contributed by atoms with Crippen molar-refractivity contribution in [3.8, 4) is 39.1 Å². The van der Waals surface area contributed by atoms with Gasteiger partial charge in [0.25, 0.3) is 0 Å². The maximum atomic E-state index is 8.82. The molecule has 0 aliphatic rings. The summed E-state index contributed by atoms with van der Waals surface area (Å²) in [6.45, 7) is 0. The van der Waals surface area contributed by atoms with Crippen LogP contribution >= 0.6 is 0 Å². The average Bonchev–Trinajstić information content (AvgIpc) is 3.64. The number of hydrogen-bond donors (Lipinski definition) is 0. The number of para-hydroxylation sites is 2. The highest BCUT2D eigenvalue weighted by molar-refractivity contribution is 6.09. The quantitative estimate of drug-likeness (QED) is 0.152. The van der Waals surface area contributed by atoms with Gasteiger partial charge in [0.15, 0.2) is 0 Å². The van der Waals surface area contributed by atoms with E-state index in [0.29, 0.717) is 5.69 Å². The van der Waals surface area contributed by atoms with E-state index in [1.165, 1.54) is 26.8 Å². The van der Waals surface area contributed by atoms with Crippen molar-refractivity contribution in [2.24, 2.45) is 0 Å². The molecule has 1 heteroatoms. The molecule has 0 saturated heterocycles. The van der Waals surface area contributed by atoms with E-state index in [-0.39, 0.29) is 51.9 Å². The van der Waals surface area contributed by atoms with Crippen molar-refractivity contribution in [3.05, 3.63) is 223 Å². The van der Waals surface area contributed by atoms with Crippen LogP contribution in [-0.2, 0) is 0 Å². The standard InChI is InChI=1S/C49H35N/c1-3-11-35(12-4-1)37-19-25-41(26-20-37)49(42-27-21-38(22-28-42)36-13-5-2-6-14-36)43-29-23-39(24-30-43)40-31-33-44(34-32-40)50-47-17-9-7-15-45(47)46-16-8-10-18-48(46)50/h1-34,49H/i7D,8D,9D,10D,15D,16D,17D,18D. The van der Waals surface area contributed by atoms with Crippen LogP contribution in [0.15, 0.2) is 206 Å². The molecule has 0 spiro atoms. The second-order valence-corrected chi connectivity index (χ2v) is 12.4. The van der Waals surface area contributed by atoms with Gasteiger partial charge < -0.3 is 4.57 Å². The number of rotatable bonds is 7. The first-order valence-electron chi connectivity index (χ1n) is 20.6. The summed E-state index contributed by atoms with van der Waals surface area (Å²) in [6.07, 6.45) is 0. The smallest absolute Gasteiger partial charge is 0.0645 e. The zero-order valence-corrected chi connectivity index (χ0v) is 27.0. The average molecular weight is 646 g/mol. The number of aromatic nitrogens is 1. The third-order valence-corrected chi connectivity index (χ3v) is 9.44. The Kier molecular flexibility index (Phi) is 5.73. The first-order chi connectivity index (χ1) is 28.1. The van der Waals surface area contributed by atoms with Gasteiger partial charge >= 0.3 is 0 Å². The summed E-state index contributed by atoms with van der Waals surface area (Å²) < 4.78 is 70.1. The van der Waals surface area contributed by atoms with E-state index >= 15 is 0 Å². The predicted molar refractivity (Wildman–Crippen MR) is 211 cm³/mol. The lowest BCUT2D eigenvalue weighted by Crippen LogP contribution is -2.03. The second-order valence-electron chi connectivity index (χ2n) is 12.4. The van der Waals surface area contributed by atoms with Crippen LogP contribution in [0.25, 0.3) is 60.9 Å². The Morgan fingerprint density at radius 2 is 0.660 bits per heavy atom. The van der Waals surface area contributed by atoms with Gasteiger partial charge in [-0.05, 0) is 74.3 Å². The molecular formula is C49H35N. The van der Waals surface area contributed by atoms with Crippen molar-refractivity contribution in [2.45, 2.75) is 5.92 Å². The Labute approximate surface area is 304 Å². The van der Waals surface area contributed by atoms with E-state index < -0.39 is 24.2 Å². The van der Waals surface area contributed by atoms with Gasteiger partial charge in [0, 0.05) is 22.4 Å². The molecule has 0 aliphatic carbocycles. The predicted octanol–water partition coefficient (Wildman–Crippen LogP) is 13.0. The molecule has 0 atom stereocenters. The van der Waals surface area contributed by atoms with Crippen LogP contribution in [0, 0.1) is 0 Å². The molecule has 1 heterocycles. The summed E-state index contributed by atoms with van der Waals surface area (Å²) in [5, 5.41) is 0.123. The summed E-state index contributed by atoms with van der Waals surface area (Å²) in [5.41, 5.74) is 10.7. The van der Waals surface area contributed by atoms with Gasteiger partial charge in [0.05, 0.1) is 22.0 Å². The Morgan fingerprint density at radius 3 is 1.04 bits per heavy atom. The molecule has 0 bridgehead atoms. The summed E-state index contributed by atoms with van der Waals surface area (Å²) in [4.78, 5) is 0. The van der Waals surface area contributed by atoms with Crippen molar-refractivity contribution in [2.75, 3.05) is 0 Å². The lowest BCUT2D eigenvalue weighted by Gasteiger charge is -2.20. The SMILES string of the molecule is [2H]c1c([2H])c([2H])c2c(c1[2H])c1c([2H])c([2H])c([2H])c([2H])c1n2-c1ccc(-c2ccc(C(c3ccc(-c4ccccc4)cc3)c3ccc(-c4ccccc4)cc3)cc2)cc1. The molecular weight excluding hydrogens is 603 g/mol. The highest BCUT2D eigenvalue weighted by Crippen LogP contribution is 2.36. The zero-order valence-electron chi connectivity index (χ0n) is 35.0. The molecule has 50 heavy (non-hydrogen) atoms. The Hall–Kier alpha value is -6.44. The molecule has 0 amide bonds. The molecule has 0 unspecified atom stereocenters. The first-order valence-corrected chi connectivity index (χ1v) is 16.6. The highest BCUT2D eigenvalue weighted by atomic mass is 15.0. The van der Waals surface area contributed by atoms with Gasteiger partial charge in [-0.15, -0.1) is 0 Å². The van der Waals surface area contributed by atoms with E-state index in [1.807, 2.05) is 60.7 Å². The minimum Gasteiger partial charge on any atom is -0.309 e. The topological polar surface area (TPSA) is 4.93 Å². The van der Waals surface area contributed by atoms with E-state index in [1.54, 1.807) is 0 Å². The zero-order chi connectivity index (χ0) is 40.2. The van der Waals surface area contributed by atoms with Gasteiger partial charge in [0.1, 0.15) is 0 Å². The molecule has 0 N–H and O–H groups in total. The van der Waals surface area contributed by atoms with Crippen LogP contribution in [0.4, 0.5) is 0 Å². The van der Waals surface area contributed by atoms with E-state index in [0.717, 1.165) is 27.8 Å². The summed E-state index contributed by atoms with van der Waals surface area (Å²) >= 11 is 0. The molecule has 1 nitrogen and oxygen atoms in total. The van der Waals surface area contributed by atoms with E-state index in [9.17, 15) is 0 Å². The van der Waals surface area contributed by atoms with Crippen LogP contribution in [0.5, 0.6) is 0 Å². The largest absolute Gasteiger partial charge is 0.309 e. The normalized spacial score (nSPS) is 13.6. The number of fused-ring (bicyclic) bond motifs is 3. The fourth-order valence-electron chi connectivity index (χ4n) is 6.92. The number of benzene rings is 8. The molecule has 1 aromatic heterocycles. The lowest BCUT2D eigenvalue weighted by atomic mass is 9.83. The Bertz CT molecular complexity index is 2820. The minimum absolute atomic E-state index is 0.0271. The van der Waals surface area contributed by atoms with Gasteiger partial charge in [0.2, 0.25) is 0 Å². The highest BCUT2D eigenvalue weighted by Gasteiger charge is 2.18. The van der Waals surface area contributed by atoms with Gasteiger partial charge in [-0.3, -0.25) is 0 Å². The summed E-state index contributed by atoms with van der Waals surface area (Å²) in [5.74, 6) is -0.0271. The Morgan fingerprint density at radius 1 is 0.340 bits per heavy atom. The van der Waals surface area contributed by atoms with Crippen molar-refractivity contribution >= 4 is 21.8 Å². The molecule has 0 fully saturated rings. The van der Waals surface area contributed by atoms with Gasteiger partial charge in [-0.25, -0.2) is 0 Å². The molecule has 236 valence electrons. The molecule has 9 aromatic rings. The van der Waals surface area contributed by atoms with Gasteiger partial charge in [-0.1, -0.05) is 182 Å². The third-order valence-electron chi connectivity index (χ3n) is 9.44. The monoisotopic (exact) mass is 645 g/mol. The molecule has 0 radical (unpaired) electrons. The molecule has 9 rings (SSSR count). The second kappa shape index (κ2) is 12.9. The van der Waals surface area contributed by atoms with Crippen LogP contribution in [0.2, 0.25) is 0 Å². The van der Waals surface area contributed by atoms with E-state index in [4.69, 9.17) is 11.0 Å². The first kappa shape index (κ1) is 22.2. The van der Waals surface area contributed by atoms with Crippen LogP contribution < -0.4 is 0 Å². The maximum Gasteiger partial charge on any atom is 0.0645 e. The molecule has 0 aliphatic heterocycles. The summed E-state index contributed by atoms with van der Waals surface area (Å²) in [7, 11) is 0. The van der Waals surface area contributed by atoms with Crippen LogP contribution in [0.1, 0.15) is 33.6 Å². The van der Waals surface area contributed by atoms with Crippen molar-refractivity contribution in [1.29, 1.82) is 0 Å². The van der Waals surface area contributed by atoms with Crippen LogP contribution in [-0.4, -0.2) is 4.57 Å². The van der Waals surface area contributed by atoms with Crippen LogP contribution in [0.3, 0.4) is 0 Å². The molecule has 0 saturated carbocycles. The number of nitrogens with zero attached hydrogens (tertiary/aromatic N) is 1. The third kappa shape index (κ3) is 5.49. The minimum atomic E-state index is -0.460. The van der Waals surface area contributed by atoms with Crippen molar-refractivity contribution < 1.29 is 11.0 Å². The fourth-order valence-corrected chi connectivity index (χ4v) is 6.92. The van der Waals surface area contributed by atoms with Crippen molar-refractivity contribution in [1.82, 2.24) is 4.57 Å². The Balaban J connectivity index is 1.10. The van der Waals surface area contributed by atoms with Crippen molar-refractivity contribution in [3.63, 3.8) is 0 Å². The summed E-state index contributed by atoms with van der Waals surface area (Å²) in [6, 6.07) is 51.1. The lowest BCUT2D eigenvalue weighted by molar-refractivity contribution is 0.978. The number of hydrogen-bond acceptors (Lipinski definition) is 0. The maximum absolute atomic E-state index is 8.82.